The van der Waals surface area contributed by atoms with Gasteiger partial charge in [-0.05, 0) is 51.1 Å². The van der Waals surface area contributed by atoms with E-state index in [-0.39, 0.29) is 0 Å². The predicted molar refractivity (Wildman–Crippen MR) is 77.6 cm³/mol. The molecule has 1 aliphatic heterocycles. The molecule has 0 amide bonds. The molecule has 0 radical (unpaired) electrons. The summed E-state index contributed by atoms with van der Waals surface area (Å²) >= 11 is 0. The monoisotopic (exact) mass is 263 g/mol. The van der Waals surface area contributed by atoms with Crippen molar-refractivity contribution in [2.75, 3.05) is 19.8 Å². The number of aryl methyl sites for hydroxylation is 1. The summed E-state index contributed by atoms with van der Waals surface area (Å²) in [7, 11) is 0. The summed E-state index contributed by atoms with van der Waals surface area (Å²) in [6, 6.07) is 6.82. The van der Waals surface area contributed by atoms with E-state index in [9.17, 15) is 0 Å². The third kappa shape index (κ3) is 3.95. The zero-order valence-electron chi connectivity index (χ0n) is 11.8. The van der Waals surface area contributed by atoms with Crippen LogP contribution < -0.4 is 10.1 Å². The van der Waals surface area contributed by atoms with E-state index in [0.29, 0.717) is 12.6 Å². The Hall–Kier alpha value is -1.06. The standard InChI is InChI=1S/C16H25NO2/c1-13-7-5-8-14-15(9-6-12-19-16(13)14)17-10-3-2-4-11-18/h5,7-8,15,17-18H,2-4,6,9-12H2,1H3. The lowest BCUT2D eigenvalue weighted by molar-refractivity contribution is 0.282. The van der Waals surface area contributed by atoms with Crippen molar-refractivity contribution in [2.45, 2.75) is 45.1 Å². The normalized spacial score (nSPS) is 18.5. The van der Waals surface area contributed by atoms with Crippen molar-refractivity contribution in [3.05, 3.63) is 29.3 Å². The average molecular weight is 263 g/mol. The van der Waals surface area contributed by atoms with E-state index in [0.717, 1.165) is 51.0 Å². The number of hydrogen-bond donors (Lipinski definition) is 2. The third-order valence-corrected chi connectivity index (χ3v) is 3.73. The maximum atomic E-state index is 8.78. The molecule has 0 saturated heterocycles. The van der Waals surface area contributed by atoms with Crippen molar-refractivity contribution >= 4 is 0 Å². The summed E-state index contributed by atoms with van der Waals surface area (Å²) in [5, 5.41) is 12.4. The van der Waals surface area contributed by atoms with E-state index in [1.807, 2.05) is 0 Å². The number of aliphatic hydroxyl groups is 1. The van der Waals surface area contributed by atoms with Gasteiger partial charge in [-0.3, -0.25) is 0 Å². The zero-order valence-corrected chi connectivity index (χ0v) is 11.8. The van der Waals surface area contributed by atoms with Gasteiger partial charge >= 0.3 is 0 Å². The average Bonchev–Trinajstić information content (AvgIpc) is 2.62. The van der Waals surface area contributed by atoms with E-state index >= 15 is 0 Å². The van der Waals surface area contributed by atoms with Gasteiger partial charge in [-0.25, -0.2) is 0 Å². The first-order valence-electron chi connectivity index (χ1n) is 7.39. The Kier molecular flexibility index (Phi) is 5.67. The lowest BCUT2D eigenvalue weighted by Crippen LogP contribution is -2.22. The highest BCUT2D eigenvalue weighted by Gasteiger charge is 2.20. The van der Waals surface area contributed by atoms with Gasteiger partial charge in [0.1, 0.15) is 5.75 Å². The van der Waals surface area contributed by atoms with E-state index in [4.69, 9.17) is 9.84 Å². The SMILES string of the molecule is Cc1cccc2c1OCCCC2NCCCCCO. The largest absolute Gasteiger partial charge is 0.493 e. The summed E-state index contributed by atoms with van der Waals surface area (Å²) in [5.74, 6) is 1.08. The van der Waals surface area contributed by atoms with Crippen LogP contribution in [-0.4, -0.2) is 24.9 Å². The first kappa shape index (κ1) is 14.4. The second-order valence-corrected chi connectivity index (χ2v) is 5.27. The molecule has 0 aliphatic carbocycles. The quantitative estimate of drug-likeness (QED) is 0.775. The highest BCUT2D eigenvalue weighted by molar-refractivity contribution is 5.43. The Morgan fingerprint density at radius 1 is 1.32 bits per heavy atom. The van der Waals surface area contributed by atoms with Crippen molar-refractivity contribution in [3.63, 3.8) is 0 Å². The van der Waals surface area contributed by atoms with E-state index in [2.05, 4.69) is 30.4 Å². The number of benzene rings is 1. The van der Waals surface area contributed by atoms with Gasteiger partial charge in [0.05, 0.1) is 6.61 Å². The minimum atomic E-state index is 0.305. The smallest absolute Gasteiger partial charge is 0.126 e. The minimum absolute atomic E-state index is 0.305. The molecule has 0 saturated carbocycles. The molecule has 1 unspecified atom stereocenters. The minimum Gasteiger partial charge on any atom is -0.493 e. The topological polar surface area (TPSA) is 41.5 Å². The summed E-state index contributed by atoms with van der Waals surface area (Å²) in [6.45, 7) is 4.25. The maximum Gasteiger partial charge on any atom is 0.126 e. The van der Waals surface area contributed by atoms with Gasteiger partial charge < -0.3 is 15.2 Å². The number of para-hydroxylation sites is 1. The van der Waals surface area contributed by atoms with Crippen LogP contribution in [0, 0.1) is 6.92 Å². The number of aliphatic hydroxyl groups excluding tert-OH is 1. The van der Waals surface area contributed by atoms with Gasteiger partial charge in [0, 0.05) is 18.2 Å². The van der Waals surface area contributed by atoms with E-state index in [1.54, 1.807) is 0 Å². The molecule has 3 heteroatoms. The van der Waals surface area contributed by atoms with Crippen LogP contribution in [0.15, 0.2) is 18.2 Å². The Balaban J connectivity index is 1.96. The highest BCUT2D eigenvalue weighted by atomic mass is 16.5. The summed E-state index contributed by atoms with van der Waals surface area (Å²) in [5.41, 5.74) is 2.53. The molecular weight excluding hydrogens is 238 g/mol. The van der Waals surface area contributed by atoms with E-state index < -0.39 is 0 Å². The van der Waals surface area contributed by atoms with Crippen LogP contribution >= 0.6 is 0 Å². The molecule has 1 aromatic carbocycles. The van der Waals surface area contributed by atoms with Crippen LogP contribution in [-0.2, 0) is 0 Å². The first-order chi connectivity index (χ1) is 9.33. The van der Waals surface area contributed by atoms with Gasteiger partial charge in [0.2, 0.25) is 0 Å². The van der Waals surface area contributed by atoms with Gasteiger partial charge in [0.15, 0.2) is 0 Å². The Morgan fingerprint density at radius 3 is 3.05 bits per heavy atom. The van der Waals surface area contributed by atoms with Gasteiger partial charge in [-0.2, -0.15) is 0 Å². The Labute approximate surface area is 116 Å². The molecule has 3 nitrogen and oxygen atoms in total. The molecule has 2 rings (SSSR count). The molecule has 0 bridgehead atoms. The lowest BCUT2D eigenvalue weighted by Gasteiger charge is -2.19. The molecular formula is C16H25NO2. The molecule has 1 aliphatic rings. The number of nitrogens with one attached hydrogen (secondary N) is 1. The fraction of sp³-hybridized carbons (Fsp3) is 0.625. The van der Waals surface area contributed by atoms with Crippen LogP contribution in [0.4, 0.5) is 0 Å². The number of unbranched alkanes of at least 4 members (excludes halogenated alkanes) is 2. The molecule has 0 spiro atoms. The third-order valence-electron chi connectivity index (χ3n) is 3.73. The van der Waals surface area contributed by atoms with Crippen molar-refractivity contribution in [2.24, 2.45) is 0 Å². The van der Waals surface area contributed by atoms with Crippen molar-refractivity contribution < 1.29 is 9.84 Å². The number of ether oxygens (including phenoxy) is 1. The summed E-state index contributed by atoms with van der Waals surface area (Å²) < 4.78 is 5.88. The van der Waals surface area contributed by atoms with Gasteiger partial charge in [0.25, 0.3) is 0 Å². The number of rotatable bonds is 6. The van der Waals surface area contributed by atoms with Crippen LogP contribution in [0.5, 0.6) is 5.75 Å². The van der Waals surface area contributed by atoms with Crippen molar-refractivity contribution in [3.8, 4) is 5.75 Å². The molecule has 0 aromatic heterocycles. The highest BCUT2D eigenvalue weighted by Crippen LogP contribution is 2.33. The van der Waals surface area contributed by atoms with Crippen LogP contribution in [0.2, 0.25) is 0 Å². The fourth-order valence-corrected chi connectivity index (χ4v) is 2.67. The molecule has 1 heterocycles. The van der Waals surface area contributed by atoms with Crippen molar-refractivity contribution in [1.82, 2.24) is 5.32 Å². The zero-order chi connectivity index (χ0) is 13.5. The van der Waals surface area contributed by atoms with Crippen LogP contribution in [0.25, 0.3) is 0 Å². The summed E-state index contributed by atoms with van der Waals surface area (Å²) in [6.07, 6.45) is 5.36. The predicted octanol–water partition coefficient (Wildman–Crippen LogP) is 2.96. The number of fused-ring (bicyclic) bond motifs is 1. The second kappa shape index (κ2) is 7.51. The molecule has 0 fully saturated rings. The fourth-order valence-electron chi connectivity index (χ4n) is 2.67. The molecule has 1 aromatic rings. The second-order valence-electron chi connectivity index (χ2n) is 5.27. The Morgan fingerprint density at radius 2 is 2.21 bits per heavy atom. The van der Waals surface area contributed by atoms with E-state index in [1.165, 1.54) is 11.1 Å². The lowest BCUT2D eigenvalue weighted by atomic mass is 9.99. The van der Waals surface area contributed by atoms with Gasteiger partial charge in [-0.15, -0.1) is 0 Å². The first-order valence-corrected chi connectivity index (χ1v) is 7.39. The molecule has 106 valence electrons. The summed E-state index contributed by atoms with van der Waals surface area (Å²) in [4.78, 5) is 0. The Bertz CT molecular complexity index is 392. The van der Waals surface area contributed by atoms with Gasteiger partial charge in [-0.1, -0.05) is 18.2 Å². The van der Waals surface area contributed by atoms with Crippen LogP contribution in [0.1, 0.15) is 49.3 Å². The number of hydrogen-bond acceptors (Lipinski definition) is 3. The van der Waals surface area contributed by atoms with Crippen LogP contribution in [0.3, 0.4) is 0 Å². The molecule has 19 heavy (non-hydrogen) atoms. The molecule has 1 atom stereocenters. The van der Waals surface area contributed by atoms with Crippen molar-refractivity contribution in [1.29, 1.82) is 0 Å². The maximum absolute atomic E-state index is 8.78. The molecule has 2 N–H and O–H groups in total.